The molecule has 1 fully saturated rings. The van der Waals surface area contributed by atoms with Crippen LogP contribution in [-0.2, 0) is 20.8 Å². The van der Waals surface area contributed by atoms with Gasteiger partial charge in [-0.25, -0.2) is 4.79 Å². The minimum absolute atomic E-state index is 0.109. The molecule has 1 heterocycles. The lowest BCUT2D eigenvalue weighted by Gasteiger charge is -2.31. The highest BCUT2D eigenvalue weighted by molar-refractivity contribution is 5.68. The number of aliphatic hydroxyl groups is 1. The van der Waals surface area contributed by atoms with Crippen LogP contribution in [0.3, 0.4) is 0 Å². The zero-order valence-electron chi connectivity index (χ0n) is 16.5. The second-order valence-electron chi connectivity index (χ2n) is 8.01. The van der Waals surface area contributed by atoms with Gasteiger partial charge in [0.15, 0.2) is 0 Å². The monoisotopic (exact) mass is 377 g/mol. The average Bonchev–Trinajstić information content (AvgIpc) is 2.74. The van der Waals surface area contributed by atoms with E-state index in [-0.39, 0.29) is 19.3 Å². The van der Waals surface area contributed by atoms with E-state index in [1.165, 1.54) is 4.90 Å². The first kappa shape index (κ1) is 21.4. The quantitative estimate of drug-likeness (QED) is 0.772. The van der Waals surface area contributed by atoms with Crippen molar-refractivity contribution in [1.82, 2.24) is 4.90 Å². The van der Waals surface area contributed by atoms with Crippen molar-refractivity contribution in [1.29, 1.82) is 0 Å². The van der Waals surface area contributed by atoms with E-state index in [2.05, 4.69) is 6.58 Å². The number of benzene rings is 1. The summed E-state index contributed by atoms with van der Waals surface area (Å²) in [6.07, 6.45) is 1.14. The van der Waals surface area contributed by atoms with E-state index in [9.17, 15) is 9.90 Å². The summed E-state index contributed by atoms with van der Waals surface area (Å²) in [4.78, 5) is 14.1. The van der Waals surface area contributed by atoms with Crippen LogP contribution in [0.5, 0.6) is 0 Å². The predicted octanol–water partition coefficient (Wildman–Crippen LogP) is 3.15. The molecular formula is C21H31NO5. The van der Waals surface area contributed by atoms with Crippen LogP contribution in [0.4, 0.5) is 4.79 Å². The summed E-state index contributed by atoms with van der Waals surface area (Å²) in [5, 5.41) is 10.8. The summed E-state index contributed by atoms with van der Waals surface area (Å²) >= 11 is 0. The summed E-state index contributed by atoms with van der Waals surface area (Å²) in [5.74, 6) is 0. The van der Waals surface area contributed by atoms with Crippen molar-refractivity contribution in [3.63, 3.8) is 0 Å². The maximum Gasteiger partial charge on any atom is 0.410 e. The number of rotatable bonds is 6. The SMILES string of the molecule is C=CC[C@@]1(O)CO[C@H](COCc2ccccc2)CN(C(=O)OC(C)(C)C)C1. The van der Waals surface area contributed by atoms with Gasteiger partial charge in [0.25, 0.3) is 0 Å². The number of β-amino-alcohol motifs (C(OH)–C–C–N with tert-alkyl or cyclic N) is 1. The number of hydrogen-bond acceptors (Lipinski definition) is 5. The van der Waals surface area contributed by atoms with E-state index in [4.69, 9.17) is 14.2 Å². The molecule has 0 radical (unpaired) electrons. The zero-order chi connectivity index (χ0) is 19.9. The fourth-order valence-corrected chi connectivity index (χ4v) is 2.88. The van der Waals surface area contributed by atoms with Crippen molar-refractivity contribution in [2.24, 2.45) is 0 Å². The first-order valence-corrected chi connectivity index (χ1v) is 9.25. The summed E-state index contributed by atoms with van der Waals surface area (Å²) in [6, 6.07) is 9.85. The van der Waals surface area contributed by atoms with Gasteiger partial charge in [-0.15, -0.1) is 6.58 Å². The van der Waals surface area contributed by atoms with Crippen molar-refractivity contribution in [2.45, 2.75) is 51.1 Å². The van der Waals surface area contributed by atoms with E-state index in [1.54, 1.807) is 6.08 Å². The molecule has 1 aromatic carbocycles. The van der Waals surface area contributed by atoms with Crippen LogP contribution < -0.4 is 0 Å². The Balaban J connectivity index is 2.00. The van der Waals surface area contributed by atoms with E-state index in [1.807, 2.05) is 51.1 Å². The fraction of sp³-hybridized carbons (Fsp3) is 0.571. The highest BCUT2D eigenvalue weighted by atomic mass is 16.6. The molecule has 0 aromatic heterocycles. The molecule has 6 nitrogen and oxygen atoms in total. The Morgan fingerprint density at radius 3 is 2.74 bits per heavy atom. The van der Waals surface area contributed by atoms with Gasteiger partial charge < -0.3 is 24.2 Å². The normalized spacial score (nSPS) is 23.6. The molecular weight excluding hydrogens is 346 g/mol. The number of hydrogen-bond donors (Lipinski definition) is 1. The smallest absolute Gasteiger partial charge is 0.410 e. The molecule has 0 spiro atoms. The number of carbonyl (C=O) groups excluding carboxylic acids is 1. The van der Waals surface area contributed by atoms with Crippen molar-refractivity contribution < 1.29 is 24.1 Å². The Labute approximate surface area is 161 Å². The Kier molecular flexibility index (Phi) is 7.41. The fourth-order valence-electron chi connectivity index (χ4n) is 2.88. The summed E-state index contributed by atoms with van der Waals surface area (Å²) in [5.41, 5.74) is -0.731. The molecule has 1 amide bonds. The maximum atomic E-state index is 12.6. The van der Waals surface area contributed by atoms with E-state index >= 15 is 0 Å². The first-order chi connectivity index (χ1) is 12.7. The number of ether oxygens (including phenoxy) is 3. The van der Waals surface area contributed by atoms with E-state index in [0.717, 1.165) is 5.56 Å². The van der Waals surface area contributed by atoms with Gasteiger partial charge in [0.2, 0.25) is 0 Å². The second-order valence-corrected chi connectivity index (χ2v) is 8.01. The summed E-state index contributed by atoms with van der Waals surface area (Å²) in [6.45, 7) is 10.4. The highest BCUT2D eigenvalue weighted by Gasteiger charge is 2.38. The van der Waals surface area contributed by atoms with Gasteiger partial charge in [0, 0.05) is 0 Å². The highest BCUT2D eigenvalue weighted by Crippen LogP contribution is 2.22. The second kappa shape index (κ2) is 9.35. The van der Waals surface area contributed by atoms with Crippen molar-refractivity contribution in [3.05, 3.63) is 48.6 Å². The van der Waals surface area contributed by atoms with Gasteiger partial charge >= 0.3 is 6.09 Å². The first-order valence-electron chi connectivity index (χ1n) is 9.25. The molecule has 2 rings (SSSR count). The molecule has 1 aromatic rings. The molecule has 150 valence electrons. The predicted molar refractivity (Wildman–Crippen MR) is 103 cm³/mol. The van der Waals surface area contributed by atoms with Gasteiger partial charge in [-0.3, -0.25) is 0 Å². The molecule has 1 aliphatic rings. The molecule has 1 N–H and O–H groups in total. The average molecular weight is 377 g/mol. The maximum absolute atomic E-state index is 12.6. The van der Waals surface area contributed by atoms with Gasteiger partial charge in [0.05, 0.1) is 39.0 Å². The summed E-state index contributed by atoms with van der Waals surface area (Å²) < 4.78 is 17.1. The molecule has 2 atom stereocenters. The third-order valence-corrected chi connectivity index (χ3v) is 4.09. The van der Waals surface area contributed by atoms with Gasteiger partial charge in [-0.1, -0.05) is 36.4 Å². The number of nitrogens with zero attached hydrogens (tertiary/aromatic N) is 1. The van der Waals surface area contributed by atoms with E-state index in [0.29, 0.717) is 26.2 Å². The third-order valence-electron chi connectivity index (χ3n) is 4.09. The third kappa shape index (κ3) is 7.33. The minimum Gasteiger partial charge on any atom is -0.444 e. The molecule has 0 bridgehead atoms. The molecule has 1 aliphatic heterocycles. The van der Waals surface area contributed by atoms with Crippen molar-refractivity contribution >= 4 is 6.09 Å². The van der Waals surface area contributed by atoms with Crippen LogP contribution >= 0.6 is 0 Å². The van der Waals surface area contributed by atoms with Gasteiger partial charge in [-0.05, 0) is 32.8 Å². The van der Waals surface area contributed by atoms with Crippen LogP contribution in [0.1, 0.15) is 32.8 Å². The lowest BCUT2D eigenvalue weighted by molar-refractivity contribution is -0.0722. The molecule has 1 saturated heterocycles. The minimum atomic E-state index is -1.19. The van der Waals surface area contributed by atoms with Crippen LogP contribution in [0, 0.1) is 0 Å². The van der Waals surface area contributed by atoms with Crippen molar-refractivity contribution in [2.75, 3.05) is 26.3 Å². The standard InChI is InChI=1S/C21H31NO5/c1-5-11-21(24)15-22(19(23)27-20(2,3)4)12-18(26-16-21)14-25-13-17-9-7-6-8-10-17/h5-10,18,24H,1,11-16H2,2-4H3/t18-,21-/m0/s1. The Hall–Kier alpha value is -1.89. The molecule has 0 aliphatic carbocycles. The zero-order valence-corrected chi connectivity index (χ0v) is 16.5. The molecule has 6 heteroatoms. The molecule has 0 saturated carbocycles. The van der Waals surface area contributed by atoms with Crippen LogP contribution in [0.15, 0.2) is 43.0 Å². The largest absolute Gasteiger partial charge is 0.444 e. The molecule has 0 unspecified atom stereocenters. The molecule has 27 heavy (non-hydrogen) atoms. The lowest BCUT2D eigenvalue weighted by Crippen LogP contribution is -2.48. The van der Waals surface area contributed by atoms with Gasteiger partial charge in [0.1, 0.15) is 11.2 Å². The van der Waals surface area contributed by atoms with Crippen LogP contribution in [0.2, 0.25) is 0 Å². The Bertz CT molecular complexity index is 613. The van der Waals surface area contributed by atoms with E-state index < -0.39 is 17.3 Å². The number of carbonyl (C=O) groups is 1. The Morgan fingerprint density at radius 2 is 2.11 bits per heavy atom. The number of amides is 1. The lowest BCUT2D eigenvalue weighted by atomic mass is 10.0. The van der Waals surface area contributed by atoms with Crippen LogP contribution in [0.25, 0.3) is 0 Å². The van der Waals surface area contributed by atoms with Crippen LogP contribution in [-0.4, -0.2) is 59.7 Å². The van der Waals surface area contributed by atoms with Crippen molar-refractivity contribution in [3.8, 4) is 0 Å². The Morgan fingerprint density at radius 1 is 1.41 bits per heavy atom. The van der Waals surface area contributed by atoms with Gasteiger partial charge in [-0.2, -0.15) is 0 Å². The summed E-state index contributed by atoms with van der Waals surface area (Å²) in [7, 11) is 0. The topological polar surface area (TPSA) is 68.2 Å².